The standard InChI is InChI=1S/C13H24/c1-7-9-13(5,6)10-8-12(4)11(2)3/h8,10H,7,9H2,1-6H3. The summed E-state index contributed by atoms with van der Waals surface area (Å²) in [5.74, 6) is 0. The van der Waals surface area contributed by atoms with Crippen LogP contribution in [0.25, 0.3) is 0 Å². The maximum atomic E-state index is 2.33. The second-order valence-corrected chi connectivity index (χ2v) is 4.75. The highest BCUT2D eigenvalue weighted by Crippen LogP contribution is 2.24. The molecule has 0 nitrogen and oxygen atoms in total. The minimum Gasteiger partial charge on any atom is -0.0786 e. The van der Waals surface area contributed by atoms with Crippen LogP contribution in [0.5, 0.6) is 0 Å². The van der Waals surface area contributed by atoms with Gasteiger partial charge in [0.2, 0.25) is 0 Å². The van der Waals surface area contributed by atoms with E-state index in [1.165, 1.54) is 24.0 Å². The van der Waals surface area contributed by atoms with Crippen LogP contribution in [0.1, 0.15) is 54.4 Å². The summed E-state index contributed by atoms with van der Waals surface area (Å²) in [6.45, 7) is 13.3. The predicted molar refractivity (Wildman–Crippen MR) is 61.9 cm³/mol. The Kier molecular flexibility index (Phi) is 5.05. The van der Waals surface area contributed by atoms with E-state index < -0.39 is 0 Å². The Balaban J connectivity index is 4.34. The van der Waals surface area contributed by atoms with Crippen molar-refractivity contribution in [1.29, 1.82) is 0 Å². The highest BCUT2D eigenvalue weighted by atomic mass is 14.2. The SMILES string of the molecule is CCCC(C)(C)C=CC(C)=C(C)C. The molecule has 0 spiro atoms. The first-order chi connectivity index (χ1) is 5.89. The van der Waals surface area contributed by atoms with E-state index in [1.54, 1.807) is 0 Å². The van der Waals surface area contributed by atoms with Gasteiger partial charge >= 0.3 is 0 Å². The lowest BCUT2D eigenvalue weighted by Gasteiger charge is -2.18. The smallest absolute Gasteiger partial charge is 0.0172 e. The van der Waals surface area contributed by atoms with E-state index in [9.17, 15) is 0 Å². The van der Waals surface area contributed by atoms with Crippen LogP contribution in [0.3, 0.4) is 0 Å². The van der Waals surface area contributed by atoms with Crippen molar-refractivity contribution in [2.75, 3.05) is 0 Å². The van der Waals surface area contributed by atoms with Gasteiger partial charge in [-0.1, -0.05) is 50.5 Å². The van der Waals surface area contributed by atoms with Gasteiger partial charge in [0.1, 0.15) is 0 Å². The molecule has 0 fully saturated rings. The molecule has 0 saturated carbocycles. The van der Waals surface area contributed by atoms with Gasteiger partial charge in [-0.3, -0.25) is 0 Å². The van der Waals surface area contributed by atoms with Gasteiger partial charge in [-0.15, -0.1) is 0 Å². The second kappa shape index (κ2) is 5.26. The maximum Gasteiger partial charge on any atom is -0.0172 e. The van der Waals surface area contributed by atoms with Gasteiger partial charge in [-0.2, -0.15) is 0 Å². The monoisotopic (exact) mass is 180 g/mol. The Hall–Kier alpha value is -0.520. The molecule has 0 rings (SSSR count). The molecule has 0 aromatic heterocycles. The summed E-state index contributed by atoms with van der Waals surface area (Å²) in [7, 11) is 0. The van der Waals surface area contributed by atoms with Crippen LogP contribution in [-0.2, 0) is 0 Å². The summed E-state index contributed by atoms with van der Waals surface area (Å²) >= 11 is 0. The molecule has 0 bridgehead atoms. The van der Waals surface area contributed by atoms with E-state index in [2.05, 4.69) is 53.7 Å². The van der Waals surface area contributed by atoms with Crippen LogP contribution in [0.2, 0.25) is 0 Å². The van der Waals surface area contributed by atoms with Gasteiger partial charge in [0.15, 0.2) is 0 Å². The molecule has 76 valence electrons. The normalized spacial score (nSPS) is 12.2. The van der Waals surface area contributed by atoms with Gasteiger partial charge in [0.05, 0.1) is 0 Å². The molecule has 0 N–H and O–H groups in total. The first-order valence-corrected chi connectivity index (χ1v) is 5.22. The molecule has 0 unspecified atom stereocenters. The van der Waals surface area contributed by atoms with Crippen molar-refractivity contribution < 1.29 is 0 Å². The highest BCUT2D eigenvalue weighted by Gasteiger charge is 2.11. The molecule has 0 aromatic rings. The topological polar surface area (TPSA) is 0 Å². The van der Waals surface area contributed by atoms with E-state index in [1.807, 2.05) is 0 Å². The highest BCUT2D eigenvalue weighted by molar-refractivity contribution is 5.22. The van der Waals surface area contributed by atoms with Crippen molar-refractivity contribution in [3.63, 3.8) is 0 Å². The van der Waals surface area contributed by atoms with Crippen molar-refractivity contribution in [3.8, 4) is 0 Å². The molecule has 0 aliphatic heterocycles. The maximum absolute atomic E-state index is 2.33. The van der Waals surface area contributed by atoms with E-state index in [0.717, 1.165) is 0 Å². The molecular formula is C13H24. The molecule has 13 heavy (non-hydrogen) atoms. The molecule has 0 atom stereocenters. The summed E-state index contributed by atoms with van der Waals surface area (Å²) in [5, 5.41) is 0. The molecule has 0 amide bonds. The molecule has 0 aliphatic carbocycles. The second-order valence-electron chi connectivity index (χ2n) is 4.75. The zero-order chi connectivity index (χ0) is 10.5. The molecule has 0 heterocycles. The van der Waals surface area contributed by atoms with Gasteiger partial charge in [0.25, 0.3) is 0 Å². The van der Waals surface area contributed by atoms with Crippen LogP contribution < -0.4 is 0 Å². The average molecular weight is 180 g/mol. The zero-order valence-electron chi connectivity index (χ0n) is 10.1. The predicted octanol–water partition coefficient (Wildman–Crippen LogP) is 4.73. The Labute approximate surface area is 83.7 Å². The average Bonchev–Trinajstić information content (AvgIpc) is 2.00. The third-order valence-electron chi connectivity index (χ3n) is 2.47. The van der Waals surface area contributed by atoms with Crippen LogP contribution in [0, 0.1) is 5.41 Å². The first-order valence-electron chi connectivity index (χ1n) is 5.22. The summed E-state index contributed by atoms with van der Waals surface area (Å²) < 4.78 is 0. The Morgan fingerprint density at radius 2 is 1.69 bits per heavy atom. The fourth-order valence-electron chi connectivity index (χ4n) is 1.24. The first kappa shape index (κ1) is 12.5. The van der Waals surface area contributed by atoms with Gasteiger partial charge in [0, 0.05) is 0 Å². The Bertz CT molecular complexity index is 200. The number of rotatable bonds is 4. The third kappa shape index (κ3) is 5.68. The largest absolute Gasteiger partial charge is 0.0786 e. The minimum absolute atomic E-state index is 0.353. The van der Waals surface area contributed by atoms with Crippen molar-refractivity contribution in [2.24, 2.45) is 5.41 Å². The van der Waals surface area contributed by atoms with Crippen molar-refractivity contribution in [2.45, 2.75) is 54.4 Å². The summed E-state index contributed by atoms with van der Waals surface area (Å²) in [4.78, 5) is 0. The lowest BCUT2D eigenvalue weighted by Crippen LogP contribution is -2.06. The van der Waals surface area contributed by atoms with E-state index >= 15 is 0 Å². The van der Waals surface area contributed by atoms with Crippen molar-refractivity contribution >= 4 is 0 Å². The Morgan fingerprint density at radius 3 is 2.08 bits per heavy atom. The fraction of sp³-hybridized carbons (Fsp3) is 0.692. The Morgan fingerprint density at radius 1 is 1.15 bits per heavy atom. The lowest BCUT2D eigenvalue weighted by atomic mass is 9.87. The number of allylic oxidation sites excluding steroid dienone is 4. The van der Waals surface area contributed by atoms with Crippen LogP contribution in [-0.4, -0.2) is 0 Å². The molecular weight excluding hydrogens is 156 g/mol. The molecule has 0 aromatic carbocycles. The van der Waals surface area contributed by atoms with Gasteiger partial charge in [-0.05, 0) is 32.6 Å². The fourth-order valence-corrected chi connectivity index (χ4v) is 1.24. The molecule has 0 radical (unpaired) electrons. The molecule has 0 aliphatic rings. The minimum atomic E-state index is 0.353. The van der Waals surface area contributed by atoms with E-state index in [0.29, 0.717) is 5.41 Å². The molecule has 0 saturated heterocycles. The van der Waals surface area contributed by atoms with Crippen molar-refractivity contribution in [1.82, 2.24) is 0 Å². The number of hydrogen-bond acceptors (Lipinski definition) is 0. The summed E-state index contributed by atoms with van der Waals surface area (Å²) in [6.07, 6.45) is 7.11. The third-order valence-corrected chi connectivity index (χ3v) is 2.47. The lowest BCUT2D eigenvalue weighted by molar-refractivity contribution is 0.432. The summed E-state index contributed by atoms with van der Waals surface area (Å²) in [6, 6.07) is 0. The van der Waals surface area contributed by atoms with Crippen LogP contribution >= 0.6 is 0 Å². The van der Waals surface area contributed by atoms with Crippen LogP contribution in [0.15, 0.2) is 23.3 Å². The van der Waals surface area contributed by atoms with E-state index in [-0.39, 0.29) is 0 Å². The summed E-state index contributed by atoms with van der Waals surface area (Å²) in [5.41, 5.74) is 3.15. The number of hydrogen-bond donors (Lipinski definition) is 0. The molecule has 0 heteroatoms. The quantitative estimate of drug-likeness (QED) is 0.549. The van der Waals surface area contributed by atoms with Gasteiger partial charge < -0.3 is 0 Å². The van der Waals surface area contributed by atoms with Crippen LogP contribution in [0.4, 0.5) is 0 Å². The van der Waals surface area contributed by atoms with Gasteiger partial charge in [-0.25, -0.2) is 0 Å². The van der Waals surface area contributed by atoms with Crippen molar-refractivity contribution in [3.05, 3.63) is 23.3 Å². The van der Waals surface area contributed by atoms with E-state index in [4.69, 9.17) is 0 Å². The zero-order valence-corrected chi connectivity index (χ0v) is 10.1.